The molecule has 0 radical (unpaired) electrons. The summed E-state index contributed by atoms with van der Waals surface area (Å²) >= 11 is 0. The van der Waals surface area contributed by atoms with Crippen molar-refractivity contribution >= 4 is 39.7 Å². The molecule has 0 unspecified atom stereocenters. The molecule has 2 aromatic heterocycles. The summed E-state index contributed by atoms with van der Waals surface area (Å²) in [5.74, 6) is -0.747. The number of carbonyl (C=O) groups is 1. The van der Waals surface area contributed by atoms with Gasteiger partial charge in [-0.15, -0.1) is 0 Å². The van der Waals surface area contributed by atoms with Crippen molar-refractivity contribution in [2.24, 2.45) is 5.10 Å². The lowest BCUT2D eigenvalue weighted by Crippen LogP contribution is -2.21. The van der Waals surface area contributed by atoms with Crippen LogP contribution in [0.1, 0.15) is 40.1 Å². The van der Waals surface area contributed by atoms with E-state index in [9.17, 15) is 24.8 Å². The van der Waals surface area contributed by atoms with Crippen molar-refractivity contribution in [3.8, 4) is 5.75 Å². The van der Waals surface area contributed by atoms with E-state index in [0.717, 1.165) is 36.8 Å². The number of benzene rings is 2. The lowest BCUT2D eigenvalue weighted by atomic mass is 9.93. The molecule has 0 atom stereocenters. The van der Waals surface area contributed by atoms with Crippen molar-refractivity contribution in [2.45, 2.75) is 25.7 Å². The maximum Gasteiger partial charge on any atom is 0.272 e. The Hall–Kier alpha value is -4.47. The van der Waals surface area contributed by atoms with Crippen molar-refractivity contribution in [3.63, 3.8) is 0 Å². The van der Waals surface area contributed by atoms with Crippen molar-refractivity contribution in [1.82, 2.24) is 10.4 Å². The van der Waals surface area contributed by atoms with Gasteiger partial charge in [0.1, 0.15) is 11.3 Å². The number of nitrogens with zero attached hydrogens (tertiary/aromatic N) is 2. The molecule has 5 rings (SSSR count). The van der Waals surface area contributed by atoms with Gasteiger partial charge >= 0.3 is 0 Å². The van der Waals surface area contributed by atoms with Crippen LogP contribution < -0.4 is 16.1 Å². The zero-order valence-corrected chi connectivity index (χ0v) is 17.2. The number of para-hydroxylation sites is 1. The number of aromatic amines is 1. The Balaban J connectivity index is 1.55. The highest BCUT2D eigenvalue weighted by molar-refractivity contribution is 6.07. The Bertz CT molecular complexity index is 1530. The molecule has 2 heterocycles. The van der Waals surface area contributed by atoms with Gasteiger partial charge in [0.15, 0.2) is 0 Å². The third kappa shape index (κ3) is 3.51. The third-order valence-electron chi connectivity index (χ3n) is 5.76. The van der Waals surface area contributed by atoms with E-state index in [1.807, 2.05) is 0 Å². The SMILES string of the molecule is O=C(N/N=C\c1c([O-])c([N+](=O)[O-])cc2oc3c(c12)CCCC3)c1cc(=O)[nH]c2ccccc12. The van der Waals surface area contributed by atoms with Crippen LogP contribution in [0, 0.1) is 10.1 Å². The number of amides is 1. The predicted octanol–water partition coefficient (Wildman–Crippen LogP) is 2.90. The van der Waals surface area contributed by atoms with Gasteiger partial charge in [-0.2, -0.15) is 5.10 Å². The molecule has 2 N–H and O–H groups in total. The first kappa shape index (κ1) is 20.4. The normalized spacial score (nSPS) is 13.5. The molecule has 0 saturated carbocycles. The van der Waals surface area contributed by atoms with Gasteiger partial charge in [0.05, 0.1) is 22.8 Å². The van der Waals surface area contributed by atoms with E-state index >= 15 is 0 Å². The monoisotopic (exact) mass is 445 g/mol. The van der Waals surface area contributed by atoms with E-state index in [1.165, 1.54) is 0 Å². The van der Waals surface area contributed by atoms with Crippen LogP contribution in [0.3, 0.4) is 0 Å². The largest absolute Gasteiger partial charge is 0.867 e. The second-order valence-corrected chi connectivity index (χ2v) is 7.77. The second-order valence-electron chi connectivity index (χ2n) is 7.77. The van der Waals surface area contributed by atoms with Gasteiger partial charge in [-0.1, -0.05) is 18.2 Å². The van der Waals surface area contributed by atoms with Crippen molar-refractivity contribution in [3.05, 3.63) is 79.3 Å². The molecule has 0 bridgehead atoms. The number of rotatable bonds is 4. The number of carbonyl (C=O) groups excluding carboxylic acids is 1. The smallest absolute Gasteiger partial charge is 0.272 e. The van der Waals surface area contributed by atoms with Gasteiger partial charge in [0.25, 0.3) is 11.6 Å². The summed E-state index contributed by atoms with van der Waals surface area (Å²) in [6.07, 6.45) is 4.33. The standard InChI is InChI=1S/C23H18N4O6/c28-20-9-14(12-5-1-3-7-16(12)25-20)23(30)26-24-11-15-21-13-6-2-4-8-18(13)33-19(21)10-17(22(15)29)27(31)32/h1,3,5,7,9-11,29H,2,4,6,8H2,(H,25,28)(H,26,30)/p-1/b24-11-. The van der Waals surface area contributed by atoms with E-state index in [-0.39, 0.29) is 16.7 Å². The van der Waals surface area contributed by atoms with Crippen LogP contribution in [0.5, 0.6) is 5.75 Å². The number of hydrogen-bond donors (Lipinski definition) is 2. The fourth-order valence-corrected chi connectivity index (χ4v) is 4.29. The molecule has 0 aliphatic heterocycles. The average molecular weight is 445 g/mol. The maximum absolute atomic E-state index is 12.8. The van der Waals surface area contributed by atoms with Crippen LogP contribution in [0.2, 0.25) is 0 Å². The molecule has 0 saturated heterocycles. The molecule has 0 fully saturated rings. The number of H-pyrrole nitrogens is 1. The van der Waals surface area contributed by atoms with Crippen LogP contribution in [-0.2, 0) is 12.8 Å². The van der Waals surface area contributed by atoms with Gasteiger partial charge < -0.3 is 14.5 Å². The molecule has 166 valence electrons. The number of pyridine rings is 1. The minimum absolute atomic E-state index is 0.0119. The predicted molar refractivity (Wildman–Crippen MR) is 119 cm³/mol. The molecule has 1 aliphatic rings. The zero-order chi connectivity index (χ0) is 23.1. The van der Waals surface area contributed by atoms with Crippen molar-refractivity contribution < 1.29 is 19.2 Å². The molecular weight excluding hydrogens is 428 g/mol. The Kier molecular flexibility index (Phi) is 4.89. The fourth-order valence-electron chi connectivity index (χ4n) is 4.29. The molecule has 33 heavy (non-hydrogen) atoms. The Labute approximate surface area is 185 Å². The van der Waals surface area contributed by atoms with Gasteiger partial charge in [-0.3, -0.25) is 19.7 Å². The molecule has 10 heteroatoms. The number of hydrogen-bond acceptors (Lipinski definition) is 7. The second kappa shape index (κ2) is 7.90. The fraction of sp³-hybridized carbons (Fsp3) is 0.174. The number of aryl methyl sites for hydroxylation is 2. The van der Waals surface area contributed by atoms with E-state index < -0.39 is 27.8 Å². The lowest BCUT2D eigenvalue weighted by Gasteiger charge is -2.14. The first-order valence-electron chi connectivity index (χ1n) is 10.3. The van der Waals surface area contributed by atoms with Crippen molar-refractivity contribution in [1.29, 1.82) is 0 Å². The topological polar surface area (TPSA) is 154 Å². The molecule has 10 nitrogen and oxygen atoms in total. The number of hydrazone groups is 1. The average Bonchev–Trinajstić information content (AvgIpc) is 3.17. The summed E-state index contributed by atoms with van der Waals surface area (Å²) in [5, 5.41) is 29.1. The number of fused-ring (bicyclic) bond motifs is 4. The Morgan fingerprint density at radius 2 is 2.00 bits per heavy atom. The van der Waals surface area contributed by atoms with E-state index in [4.69, 9.17) is 4.42 Å². The minimum atomic E-state index is -0.804. The van der Waals surface area contributed by atoms with E-state index in [2.05, 4.69) is 15.5 Å². The third-order valence-corrected chi connectivity index (χ3v) is 5.76. The molecule has 1 amide bonds. The first-order chi connectivity index (χ1) is 15.9. The minimum Gasteiger partial charge on any atom is -0.867 e. The van der Waals surface area contributed by atoms with Gasteiger partial charge in [-0.25, -0.2) is 5.43 Å². The highest BCUT2D eigenvalue weighted by Crippen LogP contribution is 2.40. The van der Waals surface area contributed by atoms with Crippen LogP contribution in [-0.4, -0.2) is 22.0 Å². The number of nitrogens with one attached hydrogen (secondary N) is 2. The highest BCUT2D eigenvalue weighted by atomic mass is 16.6. The summed E-state index contributed by atoms with van der Waals surface area (Å²) in [4.78, 5) is 37.9. The Morgan fingerprint density at radius 1 is 1.21 bits per heavy atom. The zero-order valence-electron chi connectivity index (χ0n) is 17.2. The van der Waals surface area contributed by atoms with Crippen LogP contribution >= 0.6 is 0 Å². The summed E-state index contributed by atoms with van der Waals surface area (Å²) in [6, 6.07) is 9.11. The molecule has 0 spiro atoms. The van der Waals surface area contributed by atoms with Crippen LogP contribution in [0.15, 0.2) is 50.7 Å². The van der Waals surface area contributed by atoms with Gasteiger partial charge in [-0.05, 0) is 31.1 Å². The van der Waals surface area contributed by atoms with Crippen LogP contribution in [0.25, 0.3) is 21.9 Å². The molecular formula is C23H17N4O6-. The Morgan fingerprint density at radius 3 is 2.82 bits per heavy atom. The number of furan rings is 1. The van der Waals surface area contributed by atoms with Gasteiger partial charge in [0.2, 0.25) is 5.56 Å². The molecule has 2 aromatic carbocycles. The number of nitro benzene ring substituents is 1. The summed E-state index contributed by atoms with van der Waals surface area (Å²) in [5.41, 5.74) is 2.93. The lowest BCUT2D eigenvalue weighted by molar-refractivity contribution is -0.398. The number of aromatic nitrogens is 1. The van der Waals surface area contributed by atoms with Crippen LogP contribution in [0.4, 0.5) is 5.69 Å². The summed E-state index contributed by atoms with van der Waals surface area (Å²) in [6.45, 7) is 0. The molecule has 4 aromatic rings. The number of nitro groups is 1. The maximum atomic E-state index is 12.8. The highest BCUT2D eigenvalue weighted by Gasteiger charge is 2.24. The quantitative estimate of drug-likeness (QED) is 0.280. The summed E-state index contributed by atoms with van der Waals surface area (Å²) < 4.78 is 5.80. The van der Waals surface area contributed by atoms with Crippen molar-refractivity contribution in [2.75, 3.05) is 0 Å². The van der Waals surface area contributed by atoms with Gasteiger partial charge in [0, 0.05) is 39.9 Å². The summed E-state index contributed by atoms with van der Waals surface area (Å²) in [7, 11) is 0. The van der Waals surface area contributed by atoms with E-state index in [0.29, 0.717) is 34.9 Å². The molecule has 1 aliphatic carbocycles. The first-order valence-corrected chi connectivity index (χ1v) is 10.3. The van der Waals surface area contributed by atoms with E-state index in [1.54, 1.807) is 24.3 Å².